The third kappa shape index (κ3) is 7.14. The molecule has 0 aliphatic rings. The van der Waals surface area contributed by atoms with Crippen LogP contribution >= 0.6 is 0 Å². The Labute approximate surface area is 316 Å². The minimum Gasteiger partial charge on any atom is -0.501 e. The fourth-order valence-corrected chi connectivity index (χ4v) is 7.63. The van der Waals surface area contributed by atoms with Crippen LogP contribution in [-0.2, 0) is 20.1 Å². The second kappa shape index (κ2) is 14.9. The van der Waals surface area contributed by atoms with Crippen LogP contribution in [0.3, 0.4) is 0 Å². The molecule has 6 heteroatoms. The number of pyridine rings is 1. The molecule has 0 unspecified atom stereocenters. The maximum Gasteiger partial charge on any atom is 0.120 e. The minimum absolute atomic E-state index is 0. The van der Waals surface area contributed by atoms with Crippen LogP contribution in [0.5, 0.6) is 0 Å². The molecule has 1 radical (unpaired) electrons. The summed E-state index contributed by atoms with van der Waals surface area (Å²) in [5.41, 5.74) is 10.6. The third-order valence-electron chi connectivity index (χ3n) is 9.30. The first-order valence-corrected chi connectivity index (χ1v) is 21.0. The molecular weight excluding hydrogens is 819 g/mol. The van der Waals surface area contributed by atoms with E-state index in [2.05, 4.69) is 136 Å². The summed E-state index contributed by atoms with van der Waals surface area (Å²) in [6.07, 6.45) is 2.02. The second-order valence-electron chi connectivity index (χ2n) is 14.5. The van der Waals surface area contributed by atoms with Crippen LogP contribution in [-0.4, -0.2) is 22.6 Å². The molecule has 0 spiro atoms. The Morgan fingerprint density at radius 1 is 0.686 bits per heavy atom. The van der Waals surface area contributed by atoms with E-state index in [1.165, 1.54) is 22.0 Å². The molecule has 259 valence electrons. The average molecular weight is 862 g/mol. The van der Waals surface area contributed by atoms with Crippen molar-refractivity contribution >= 4 is 46.2 Å². The number of aromatic nitrogens is 3. The summed E-state index contributed by atoms with van der Waals surface area (Å²) in [7, 11) is -1.23. The zero-order valence-corrected chi connectivity index (χ0v) is 33.7. The van der Waals surface area contributed by atoms with Gasteiger partial charge in [-0.05, 0) is 52.0 Å². The summed E-state index contributed by atoms with van der Waals surface area (Å²) >= 11 is 0. The number of hydrogen-bond donors (Lipinski definition) is 0. The summed E-state index contributed by atoms with van der Waals surface area (Å²) in [4.78, 5) is 9.67. The first kappa shape index (κ1) is 36.2. The summed E-state index contributed by atoms with van der Waals surface area (Å²) in [5.74, 6) is 1.60. The van der Waals surface area contributed by atoms with E-state index in [9.17, 15) is 0 Å². The molecule has 0 N–H and O–H groups in total. The van der Waals surface area contributed by atoms with Crippen LogP contribution < -0.4 is 5.19 Å². The largest absolute Gasteiger partial charge is 0.501 e. The van der Waals surface area contributed by atoms with Crippen LogP contribution in [0.15, 0.2) is 126 Å². The maximum absolute atomic E-state index is 6.40. The van der Waals surface area contributed by atoms with Gasteiger partial charge in [-0.15, -0.1) is 54.1 Å². The van der Waals surface area contributed by atoms with E-state index in [1.54, 1.807) is 0 Å². The summed E-state index contributed by atoms with van der Waals surface area (Å²) < 4.78 is 8.73. The molecule has 0 amide bonds. The van der Waals surface area contributed by atoms with E-state index in [0.29, 0.717) is 11.8 Å². The van der Waals surface area contributed by atoms with Crippen LogP contribution in [0.1, 0.15) is 50.7 Å². The Morgan fingerprint density at radius 2 is 1.39 bits per heavy atom. The molecule has 51 heavy (non-hydrogen) atoms. The quantitative estimate of drug-likeness (QED) is 0.124. The Kier molecular flexibility index (Phi) is 10.6. The Balaban J connectivity index is 0.000000222. The molecule has 0 saturated heterocycles. The monoisotopic (exact) mass is 862 g/mol. The van der Waals surface area contributed by atoms with Crippen LogP contribution in [0.4, 0.5) is 0 Å². The predicted octanol–water partition coefficient (Wildman–Crippen LogP) is 11.7. The molecule has 0 fully saturated rings. The molecule has 0 aliphatic heterocycles. The first-order valence-electron chi connectivity index (χ1n) is 17.5. The van der Waals surface area contributed by atoms with Crippen molar-refractivity contribution in [2.45, 2.75) is 59.2 Å². The van der Waals surface area contributed by atoms with Gasteiger partial charge in [0.15, 0.2) is 0 Å². The summed E-state index contributed by atoms with van der Waals surface area (Å²) in [5, 5.41) is 3.59. The number of benzene rings is 5. The van der Waals surface area contributed by atoms with Crippen molar-refractivity contribution in [3.8, 4) is 28.3 Å². The van der Waals surface area contributed by atoms with Gasteiger partial charge in [0.25, 0.3) is 0 Å². The average Bonchev–Trinajstić information content (AvgIpc) is 3.70. The van der Waals surface area contributed by atoms with Gasteiger partial charge in [-0.1, -0.05) is 119 Å². The molecule has 0 saturated carbocycles. The predicted molar refractivity (Wildman–Crippen MR) is 212 cm³/mol. The van der Waals surface area contributed by atoms with Gasteiger partial charge in [0.05, 0.1) is 30.5 Å². The molecular formula is C45H43IrN3OSi-2. The van der Waals surface area contributed by atoms with Crippen LogP contribution in [0.2, 0.25) is 19.6 Å². The molecule has 0 atom stereocenters. The summed E-state index contributed by atoms with van der Waals surface area (Å²) in [6, 6.07) is 46.2. The van der Waals surface area contributed by atoms with E-state index < -0.39 is 8.07 Å². The fourth-order valence-electron chi connectivity index (χ4n) is 6.60. The van der Waals surface area contributed by atoms with Gasteiger partial charge in [-0.3, -0.25) is 4.98 Å². The number of imidazole rings is 1. The molecule has 5 aromatic carbocycles. The number of nitrogens with zero attached hydrogens (tertiary/aromatic N) is 3. The van der Waals surface area contributed by atoms with E-state index >= 15 is 0 Å². The Morgan fingerprint density at radius 3 is 2.06 bits per heavy atom. The van der Waals surface area contributed by atoms with E-state index in [4.69, 9.17) is 9.40 Å². The maximum atomic E-state index is 6.40. The van der Waals surface area contributed by atoms with Crippen molar-refractivity contribution in [1.82, 2.24) is 14.5 Å². The van der Waals surface area contributed by atoms with Crippen molar-refractivity contribution in [1.29, 1.82) is 0 Å². The van der Waals surface area contributed by atoms with E-state index in [-0.39, 0.29) is 20.1 Å². The van der Waals surface area contributed by atoms with Gasteiger partial charge in [0, 0.05) is 37.4 Å². The summed E-state index contributed by atoms with van der Waals surface area (Å²) in [6.45, 7) is 16.0. The smallest absolute Gasteiger partial charge is 0.120 e. The van der Waals surface area contributed by atoms with Gasteiger partial charge < -0.3 is 14.0 Å². The number of hydrogen-bond acceptors (Lipinski definition) is 3. The van der Waals surface area contributed by atoms with Gasteiger partial charge in [0.2, 0.25) is 0 Å². The zero-order valence-electron chi connectivity index (χ0n) is 30.3. The van der Waals surface area contributed by atoms with Crippen LogP contribution in [0, 0.1) is 12.1 Å². The van der Waals surface area contributed by atoms with Crippen molar-refractivity contribution in [3.05, 3.63) is 145 Å². The van der Waals surface area contributed by atoms with Crippen molar-refractivity contribution in [3.63, 3.8) is 0 Å². The normalized spacial score (nSPS) is 11.6. The van der Waals surface area contributed by atoms with Crippen LogP contribution in [0.25, 0.3) is 61.3 Å². The molecule has 4 nitrogen and oxygen atoms in total. The topological polar surface area (TPSA) is 43.9 Å². The van der Waals surface area contributed by atoms with Crippen molar-refractivity contribution < 1.29 is 24.5 Å². The SMILES string of the molecule is CC(C)c1cccc(C(C)C)c1-n1c(-c2[c-]ccc3c2oc2ccccc23)nc2ccccc21.C[Si](C)(C)c1ccc(-c2[c-]cccc2)nc1.[Ir]. The fraction of sp³-hybridized carbons (Fsp3) is 0.200. The van der Waals surface area contributed by atoms with Crippen molar-refractivity contribution in [2.24, 2.45) is 0 Å². The third-order valence-corrected chi connectivity index (χ3v) is 11.3. The molecule has 8 aromatic rings. The van der Waals surface area contributed by atoms with Gasteiger partial charge in [0.1, 0.15) is 5.58 Å². The zero-order chi connectivity index (χ0) is 35.0. The number of rotatable bonds is 6. The van der Waals surface area contributed by atoms with E-state index in [1.807, 2.05) is 54.7 Å². The first-order chi connectivity index (χ1) is 24.1. The number of furan rings is 1. The molecule has 0 bridgehead atoms. The Bertz CT molecular complexity index is 2390. The van der Waals surface area contributed by atoms with Crippen molar-refractivity contribution in [2.75, 3.05) is 0 Å². The molecule has 8 rings (SSSR count). The van der Waals surface area contributed by atoms with Gasteiger partial charge in [-0.2, -0.15) is 0 Å². The minimum atomic E-state index is -1.23. The number of fused-ring (bicyclic) bond motifs is 4. The van der Waals surface area contributed by atoms with E-state index in [0.717, 1.165) is 55.6 Å². The second-order valence-corrected chi connectivity index (χ2v) is 19.6. The Hall–Kier alpha value is -4.61. The molecule has 3 heterocycles. The number of para-hydroxylation sites is 4. The molecule has 3 aromatic heterocycles. The van der Waals surface area contributed by atoms with Gasteiger partial charge >= 0.3 is 0 Å². The van der Waals surface area contributed by atoms with Gasteiger partial charge in [-0.25, -0.2) is 0 Å². The standard InChI is InChI=1S/C31H27N2O.C14H16NSi.Ir/c1-19(2)21-12-9-13-22(20(3)4)29(21)33-27-17-7-6-16-26(27)32-31(33)25-15-10-14-24-23-11-5-8-18-28(23)34-30(24)25;1-16(2,3)13-9-10-14(15-11-13)12-7-5-4-6-8-12;/h5-14,16-20H,1-4H3;4-7,9-11H,1-3H3;/q2*-1;. The molecule has 0 aliphatic carbocycles.